The maximum absolute atomic E-state index is 15.4. The summed E-state index contributed by atoms with van der Waals surface area (Å²) in [5.41, 5.74) is 3.19. The minimum absolute atomic E-state index is 0.0337. The summed E-state index contributed by atoms with van der Waals surface area (Å²) in [5.74, 6) is -3.75. The van der Waals surface area contributed by atoms with E-state index in [4.69, 9.17) is 0 Å². The average molecular weight is 771 g/mol. The smallest absolute Gasteiger partial charge is 0.310 e. The fraction of sp³-hybridized carbons (Fsp3) is 0.286. The zero-order chi connectivity index (χ0) is 39.1. The molecule has 1 aliphatic heterocycles. The van der Waals surface area contributed by atoms with Crippen LogP contribution in [0.5, 0.6) is 0 Å². The molecule has 1 amide bonds. The summed E-state index contributed by atoms with van der Waals surface area (Å²) in [4.78, 5) is 37.4. The number of nitrogens with one attached hydrogen (secondary N) is 1. The van der Waals surface area contributed by atoms with E-state index in [-0.39, 0.29) is 33.6 Å². The molecule has 1 fully saturated rings. The molecule has 3 aromatic carbocycles. The Morgan fingerprint density at radius 2 is 1.54 bits per heavy atom. The molecule has 6 rings (SSSR count). The van der Waals surface area contributed by atoms with Gasteiger partial charge in [-0.3, -0.25) is 9.59 Å². The summed E-state index contributed by atoms with van der Waals surface area (Å²) in [7, 11) is 2.49. The number of rotatable bonds is 11. The minimum Gasteiger partial charge on any atom is -0.481 e. The van der Waals surface area contributed by atoms with E-state index in [9.17, 15) is 19.1 Å². The first kappa shape index (κ1) is 38.9. The number of hydrogen-bond donors (Lipinski definition) is 2. The molecule has 2 aromatic heterocycles. The fourth-order valence-electron chi connectivity index (χ4n) is 6.26. The molecule has 1 saturated heterocycles. The number of amides is 1. The maximum atomic E-state index is 15.4. The lowest BCUT2D eigenvalue weighted by molar-refractivity contribution is -0.146. The quantitative estimate of drug-likeness (QED) is 0.130. The molecule has 7 nitrogen and oxygen atoms in total. The third-order valence-electron chi connectivity index (χ3n) is 9.58. The van der Waals surface area contributed by atoms with E-state index in [2.05, 4.69) is 51.9 Å². The van der Waals surface area contributed by atoms with E-state index in [0.717, 1.165) is 16.0 Å². The highest BCUT2D eigenvalue weighted by molar-refractivity contribution is 7.18. The number of carboxylic acids is 1. The van der Waals surface area contributed by atoms with Crippen molar-refractivity contribution >= 4 is 32.5 Å². The normalized spacial score (nSPS) is 14.1. The summed E-state index contributed by atoms with van der Waals surface area (Å²) in [5, 5.41) is 11.8. The van der Waals surface area contributed by atoms with Gasteiger partial charge >= 0.3 is 5.97 Å². The molecule has 12 heteroatoms. The van der Waals surface area contributed by atoms with Gasteiger partial charge in [-0.15, -0.1) is 20.6 Å². The summed E-state index contributed by atoms with van der Waals surface area (Å²) in [6, 6.07) is 18.0. The van der Waals surface area contributed by atoms with Gasteiger partial charge in [0.15, 0.2) is 17.5 Å². The molecule has 3 heterocycles. The van der Waals surface area contributed by atoms with Gasteiger partial charge in [0.05, 0.1) is 16.8 Å². The second-order valence-electron chi connectivity index (χ2n) is 15.3. The predicted molar refractivity (Wildman–Crippen MR) is 211 cm³/mol. The van der Waals surface area contributed by atoms with Crippen molar-refractivity contribution in [1.82, 2.24) is 20.2 Å². The van der Waals surface area contributed by atoms with Gasteiger partial charge in [-0.05, 0) is 41.2 Å². The molecule has 0 saturated carbocycles. The van der Waals surface area contributed by atoms with Crippen molar-refractivity contribution in [3.05, 3.63) is 130 Å². The first-order chi connectivity index (χ1) is 25.4. The van der Waals surface area contributed by atoms with Crippen molar-refractivity contribution in [3.63, 3.8) is 0 Å². The fourth-order valence-corrected chi connectivity index (χ4v) is 7.45. The highest BCUT2D eigenvalue weighted by Gasteiger charge is 2.36. The van der Waals surface area contributed by atoms with E-state index in [1.807, 2.05) is 41.3 Å². The summed E-state index contributed by atoms with van der Waals surface area (Å²) in [6.07, 6.45) is 3.43. The number of carboxylic acid groups (broad SMARTS) is 1. The van der Waals surface area contributed by atoms with Crippen molar-refractivity contribution in [2.75, 3.05) is 13.1 Å². The van der Waals surface area contributed by atoms with Gasteiger partial charge in [0.25, 0.3) is 5.91 Å². The number of benzene rings is 3. The number of aromatic nitrogens is 2. The molecule has 0 aliphatic carbocycles. The number of carbonyl (C=O) groups is 2. The molecule has 0 spiro atoms. The van der Waals surface area contributed by atoms with Gasteiger partial charge in [-0.1, -0.05) is 89.7 Å². The van der Waals surface area contributed by atoms with Crippen molar-refractivity contribution in [1.29, 1.82) is 0 Å². The Morgan fingerprint density at radius 3 is 2.11 bits per heavy atom. The first-order valence-electron chi connectivity index (χ1n) is 17.5. The van der Waals surface area contributed by atoms with Crippen molar-refractivity contribution < 1.29 is 27.9 Å². The molecule has 54 heavy (non-hydrogen) atoms. The van der Waals surface area contributed by atoms with Crippen LogP contribution in [0, 0.1) is 23.4 Å². The molecule has 2 atom stereocenters. The minimum atomic E-state index is -1.03. The lowest BCUT2D eigenvalue weighted by Gasteiger charge is -2.42. The number of halogens is 3. The molecule has 1 unspecified atom stereocenters. The molecule has 0 bridgehead atoms. The van der Waals surface area contributed by atoms with Crippen LogP contribution in [-0.4, -0.2) is 51.0 Å². The monoisotopic (exact) mass is 770 g/mol. The molecule has 1 aliphatic rings. The van der Waals surface area contributed by atoms with Crippen LogP contribution in [0.1, 0.15) is 60.3 Å². The lowest BCUT2D eigenvalue weighted by atomic mass is 9.95. The molecule has 0 radical (unpaired) electrons. The molecular weight excluding hydrogens is 729 g/mol. The van der Waals surface area contributed by atoms with Gasteiger partial charge in [0.1, 0.15) is 5.82 Å². The Labute approximate surface area is 319 Å². The molecule has 5 aromatic rings. The SMILES string of the molecule is C=C([C@H](Cc1ccc(-c2ncc(-c3ccc(-c4ccc(C(C)(C)P)c(F)c4F)cc3F)cn2)cc1)NC(=O)c1ccc(C(C)(C)C)s1)N1CC(C(=O)O)C1. The highest BCUT2D eigenvalue weighted by Crippen LogP contribution is 2.37. The van der Waals surface area contributed by atoms with E-state index in [1.165, 1.54) is 54.1 Å². The van der Waals surface area contributed by atoms with Crippen LogP contribution in [0.25, 0.3) is 33.6 Å². The summed E-state index contributed by atoms with van der Waals surface area (Å²) < 4.78 is 45.3. The largest absolute Gasteiger partial charge is 0.481 e. The van der Waals surface area contributed by atoms with Crippen LogP contribution >= 0.6 is 20.6 Å². The topological polar surface area (TPSA) is 95.4 Å². The van der Waals surface area contributed by atoms with Gasteiger partial charge in [-0.2, -0.15) is 0 Å². The van der Waals surface area contributed by atoms with Gasteiger partial charge in [0.2, 0.25) is 0 Å². The van der Waals surface area contributed by atoms with Crippen LogP contribution in [0.4, 0.5) is 13.2 Å². The van der Waals surface area contributed by atoms with Crippen molar-refractivity contribution in [2.45, 2.75) is 57.7 Å². The van der Waals surface area contributed by atoms with Crippen molar-refractivity contribution in [3.8, 4) is 33.6 Å². The Bertz CT molecular complexity index is 2220. The van der Waals surface area contributed by atoms with Crippen LogP contribution in [0.15, 0.2) is 91.4 Å². The Hall–Kier alpha value is -4.86. The third-order valence-corrected chi connectivity index (χ3v) is 11.4. The van der Waals surface area contributed by atoms with E-state index >= 15 is 8.78 Å². The Kier molecular flexibility index (Phi) is 10.9. The highest BCUT2D eigenvalue weighted by atomic mass is 32.1. The number of carbonyl (C=O) groups excluding carboxylic acids is 1. The maximum Gasteiger partial charge on any atom is 0.310 e. The number of aliphatic carboxylic acids is 1. The molecular formula is C42H42F3N4O3PS. The number of thiophene rings is 1. The molecule has 2 N–H and O–H groups in total. The summed E-state index contributed by atoms with van der Waals surface area (Å²) >= 11 is 1.45. The van der Waals surface area contributed by atoms with Crippen LogP contribution in [0.2, 0.25) is 0 Å². The number of likely N-dealkylation sites (tertiary alicyclic amines) is 1. The number of nitrogens with zero attached hydrogens (tertiary/aromatic N) is 3. The van der Waals surface area contributed by atoms with Crippen molar-refractivity contribution in [2.24, 2.45) is 5.92 Å². The molecule has 280 valence electrons. The standard InChI is InChI=1S/C42H42F3N4O3PS/c1-23(49-21-28(22-49)40(51)52)33(48-39(50)34-15-16-35(54-34)41(2,3)4)17-24-7-9-25(10-8-24)38-46-19-27(20-47-38)29-12-11-26(18-32(29)43)30-13-14-31(42(5,6)53)37(45)36(30)44/h7-16,18-20,28,33H,1,17,21-22,53H2,2-6H3,(H,48,50)(H,51,52)/t33-/m0/s1. The van der Waals surface area contributed by atoms with Crippen LogP contribution < -0.4 is 5.32 Å². The zero-order valence-electron chi connectivity index (χ0n) is 30.7. The van der Waals surface area contributed by atoms with Gasteiger partial charge in [0, 0.05) is 69.0 Å². The van der Waals surface area contributed by atoms with E-state index in [1.54, 1.807) is 13.8 Å². The second-order valence-corrected chi connectivity index (χ2v) is 17.8. The van der Waals surface area contributed by atoms with Gasteiger partial charge < -0.3 is 15.3 Å². The van der Waals surface area contributed by atoms with Gasteiger partial charge in [-0.25, -0.2) is 23.1 Å². The predicted octanol–water partition coefficient (Wildman–Crippen LogP) is 9.24. The zero-order valence-corrected chi connectivity index (χ0v) is 32.7. The Morgan fingerprint density at radius 1 is 0.907 bits per heavy atom. The van der Waals surface area contributed by atoms with E-state index in [0.29, 0.717) is 41.5 Å². The third kappa shape index (κ3) is 8.27. The first-order valence-corrected chi connectivity index (χ1v) is 18.9. The van der Waals surface area contributed by atoms with E-state index < -0.39 is 40.5 Å². The average Bonchev–Trinajstić information content (AvgIpc) is 3.60. The lowest BCUT2D eigenvalue weighted by Crippen LogP contribution is -2.53. The Balaban J connectivity index is 1.16. The second kappa shape index (κ2) is 15.1. The van der Waals surface area contributed by atoms with Crippen LogP contribution in [-0.2, 0) is 21.8 Å². The summed E-state index contributed by atoms with van der Waals surface area (Å²) in [6.45, 7) is 14.7. The van der Waals surface area contributed by atoms with Crippen LogP contribution in [0.3, 0.4) is 0 Å². The number of hydrogen-bond acceptors (Lipinski definition) is 6.